The van der Waals surface area contributed by atoms with Crippen molar-refractivity contribution in [2.24, 2.45) is 0 Å². The molecule has 0 saturated carbocycles. The zero-order chi connectivity index (χ0) is 13.3. The van der Waals surface area contributed by atoms with Crippen LogP contribution in [0.1, 0.15) is 50.1 Å². The van der Waals surface area contributed by atoms with Crippen molar-refractivity contribution in [3.63, 3.8) is 0 Å². The van der Waals surface area contributed by atoms with E-state index in [0.717, 1.165) is 5.82 Å². The van der Waals surface area contributed by atoms with Gasteiger partial charge in [0.1, 0.15) is 5.82 Å². The Morgan fingerprint density at radius 1 is 1.50 bits per heavy atom. The summed E-state index contributed by atoms with van der Waals surface area (Å²) in [7, 11) is 0. The fourth-order valence-corrected chi connectivity index (χ4v) is 1.94. The topological polar surface area (TPSA) is 71.1 Å². The number of hydrogen-bond acceptors (Lipinski definition) is 4. The third-order valence-electron chi connectivity index (χ3n) is 3.11. The molecule has 2 rings (SSSR count). The fourth-order valence-electron chi connectivity index (χ4n) is 1.94. The minimum Gasteiger partial charge on any atom is -0.375 e. The summed E-state index contributed by atoms with van der Waals surface area (Å²) in [6, 6.07) is 0.0645. The first-order valence-corrected chi connectivity index (χ1v) is 6.34. The first kappa shape index (κ1) is 13.0. The number of nitrogens with zero attached hydrogens (tertiary/aromatic N) is 3. The van der Waals surface area contributed by atoms with Gasteiger partial charge in [-0.15, -0.1) is 5.10 Å². The molecule has 1 amide bonds. The van der Waals surface area contributed by atoms with Crippen molar-refractivity contribution in [3.8, 4) is 0 Å². The highest BCUT2D eigenvalue weighted by Crippen LogP contribution is 2.15. The number of rotatable bonds is 2. The number of aromatic nitrogens is 3. The third-order valence-corrected chi connectivity index (χ3v) is 3.11. The predicted octanol–water partition coefficient (Wildman–Crippen LogP) is 1.18. The fraction of sp³-hybridized carbons (Fsp3) is 0.750. The average Bonchev–Trinajstić information content (AvgIpc) is 2.81. The number of carbonyl (C=O) groups is 1. The summed E-state index contributed by atoms with van der Waals surface area (Å²) in [5, 5.41) is 6.82. The van der Waals surface area contributed by atoms with Crippen LogP contribution in [0.2, 0.25) is 0 Å². The van der Waals surface area contributed by atoms with Crippen molar-refractivity contribution in [3.05, 3.63) is 11.6 Å². The molecule has 2 heterocycles. The highest BCUT2D eigenvalue weighted by molar-refractivity contribution is 5.90. The van der Waals surface area contributed by atoms with Crippen LogP contribution in [-0.4, -0.2) is 51.3 Å². The molecule has 0 bridgehead atoms. The summed E-state index contributed by atoms with van der Waals surface area (Å²) < 4.78 is 5.51. The number of amides is 1. The first-order chi connectivity index (χ1) is 8.49. The second-order valence-corrected chi connectivity index (χ2v) is 5.15. The summed E-state index contributed by atoms with van der Waals surface area (Å²) in [6.07, 6.45) is 0.0636. The number of H-pyrrole nitrogens is 1. The van der Waals surface area contributed by atoms with Crippen molar-refractivity contribution in [1.29, 1.82) is 0 Å². The summed E-state index contributed by atoms with van der Waals surface area (Å²) in [4.78, 5) is 18.3. The van der Waals surface area contributed by atoms with E-state index in [1.165, 1.54) is 0 Å². The molecule has 1 saturated heterocycles. The molecule has 6 nitrogen and oxygen atoms in total. The van der Waals surface area contributed by atoms with Crippen LogP contribution in [0.25, 0.3) is 0 Å². The van der Waals surface area contributed by atoms with Crippen LogP contribution in [-0.2, 0) is 4.74 Å². The lowest BCUT2D eigenvalue weighted by atomic mass is 10.2. The zero-order valence-electron chi connectivity index (χ0n) is 11.3. The van der Waals surface area contributed by atoms with Crippen LogP contribution in [0.4, 0.5) is 0 Å². The van der Waals surface area contributed by atoms with Crippen LogP contribution in [0.15, 0.2) is 0 Å². The van der Waals surface area contributed by atoms with Gasteiger partial charge in [-0.25, -0.2) is 4.98 Å². The molecule has 18 heavy (non-hydrogen) atoms. The van der Waals surface area contributed by atoms with Crippen LogP contribution >= 0.6 is 0 Å². The predicted molar refractivity (Wildman–Crippen MR) is 66.4 cm³/mol. The number of hydrogen-bond donors (Lipinski definition) is 1. The summed E-state index contributed by atoms with van der Waals surface area (Å²) in [6.45, 7) is 9.10. The Labute approximate surface area is 107 Å². The molecule has 1 N–H and O–H groups in total. The van der Waals surface area contributed by atoms with Crippen molar-refractivity contribution in [2.75, 3.05) is 13.2 Å². The molecule has 100 valence electrons. The van der Waals surface area contributed by atoms with Gasteiger partial charge < -0.3 is 9.64 Å². The second kappa shape index (κ2) is 5.06. The second-order valence-electron chi connectivity index (χ2n) is 5.15. The van der Waals surface area contributed by atoms with Crippen LogP contribution in [0.3, 0.4) is 0 Å². The van der Waals surface area contributed by atoms with E-state index in [4.69, 9.17) is 4.74 Å². The lowest BCUT2D eigenvalue weighted by molar-refractivity contribution is -0.0391. The lowest BCUT2D eigenvalue weighted by Gasteiger charge is -2.36. The first-order valence-electron chi connectivity index (χ1n) is 6.34. The molecular formula is C12H20N4O2. The van der Waals surface area contributed by atoms with E-state index in [0.29, 0.717) is 13.2 Å². The standard InChI is InChI=1S/C12H20N4O2/c1-7(2)10-13-11(15-14-10)12(17)16-5-9(4)18-6-8(16)3/h7-9H,5-6H2,1-4H3,(H,13,14,15). The third kappa shape index (κ3) is 2.53. The maximum atomic E-state index is 12.3. The Balaban J connectivity index is 2.14. The molecule has 0 aliphatic carbocycles. The van der Waals surface area contributed by atoms with Crippen molar-refractivity contribution < 1.29 is 9.53 Å². The van der Waals surface area contributed by atoms with Crippen molar-refractivity contribution >= 4 is 5.91 Å². The van der Waals surface area contributed by atoms with Gasteiger partial charge in [0, 0.05) is 12.5 Å². The van der Waals surface area contributed by atoms with Crippen LogP contribution in [0.5, 0.6) is 0 Å². The van der Waals surface area contributed by atoms with E-state index in [9.17, 15) is 4.79 Å². The van der Waals surface area contributed by atoms with Gasteiger partial charge in [-0.2, -0.15) is 0 Å². The van der Waals surface area contributed by atoms with E-state index in [1.807, 2.05) is 27.7 Å². The molecule has 1 aromatic rings. The summed E-state index contributed by atoms with van der Waals surface area (Å²) >= 11 is 0. The molecule has 1 aliphatic heterocycles. The summed E-state index contributed by atoms with van der Waals surface area (Å²) in [5.74, 6) is 1.10. The van der Waals surface area contributed by atoms with Gasteiger partial charge in [0.25, 0.3) is 5.91 Å². The normalized spacial score (nSPS) is 24.6. The van der Waals surface area contributed by atoms with E-state index in [2.05, 4.69) is 15.2 Å². The molecular weight excluding hydrogens is 232 g/mol. The lowest BCUT2D eigenvalue weighted by Crippen LogP contribution is -2.50. The van der Waals surface area contributed by atoms with Crippen LogP contribution < -0.4 is 0 Å². The maximum Gasteiger partial charge on any atom is 0.293 e. The molecule has 2 unspecified atom stereocenters. The molecule has 0 aromatic carbocycles. The maximum absolute atomic E-state index is 12.3. The van der Waals surface area contributed by atoms with Gasteiger partial charge in [0.05, 0.1) is 18.8 Å². The largest absolute Gasteiger partial charge is 0.375 e. The summed E-state index contributed by atoms with van der Waals surface area (Å²) in [5.41, 5.74) is 0. The number of carbonyl (C=O) groups excluding carboxylic acids is 1. The number of aromatic amines is 1. The average molecular weight is 252 g/mol. The molecule has 6 heteroatoms. The van der Waals surface area contributed by atoms with E-state index >= 15 is 0 Å². The Bertz CT molecular complexity index is 429. The highest BCUT2D eigenvalue weighted by atomic mass is 16.5. The van der Waals surface area contributed by atoms with Crippen molar-refractivity contribution in [2.45, 2.75) is 45.8 Å². The highest BCUT2D eigenvalue weighted by Gasteiger charge is 2.30. The van der Waals surface area contributed by atoms with Gasteiger partial charge in [-0.05, 0) is 13.8 Å². The van der Waals surface area contributed by atoms with Crippen LogP contribution in [0, 0.1) is 0 Å². The Morgan fingerprint density at radius 2 is 2.22 bits per heavy atom. The molecule has 0 radical (unpaired) electrons. The van der Waals surface area contributed by atoms with E-state index in [1.54, 1.807) is 4.90 Å². The minimum absolute atomic E-state index is 0.0636. The molecule has 1 fully saturated rings. The van der Waals surface area contributed by atoms with Gasteiger partial charge in [0.2, 0.25) is 5.82 Å². The van der Waals surface area contributed by atoms with Gasteiger partial charge in [-0.1, -0.05) is 13.8 Å². The Hall–Kier alpha value is -1.43. The Kier molecular flexibility index (Phi) is 3.65. The molecule has 1 aromatic heterocycles. The molecule has 1 aliphatic rings. The molecule has 0 spiro atoms. The SMILES string of the molecule is CC1CN(C(=O)c2n[nH]c(C(C)C)n2)C(C)CO1. The van der Waals surface area contributed by atoms with Crippen molar-refractivity contribution in [1.82, 2.24) is 20.1 Å². The number of morpholine rings is 1. The minimum atomic E-state index is -0.124. The quantitative estimate of drug-likeness (QED) is 0.858. The smallest absolute Gasteiger partial charge is 0.293 e. The van der Waals surface area contributed by atoms with E-state index in [-0.39, 0.29) is 29.8 Å². The Morgan fingerprint density at radius 3 is 2.83 bits per heavy atom. The van der Waals surface area contributed by atoms with Gasteiger partial charge >= 0.3 is 0 Å². The number of ether oxygens (including phenoxy) is 1. The monoisotopic (exact) mass is 252 g/mol. The zero-order valence-corrected chi connectivity index (χ0v) is 11.3. The molecule has 2 atom stereocenters. The van der Waals surface area contributed by atoms with Gasteiger partial charge in [0.15, 0.2) is 0 Å². The van der Waals surface area contributed by atoms with E-state index < -0.39 is 0 Å². The van der Waals surface area contributed by atoms with Gasteiger partial charge in [-0.3, -0.25) is 9.89 Å². The number of nitrogens with one attached hydrogen (secondary N) is 1.